The van der Waals surface area contributed by atoms with Gasteiger partial charge in [-0.2, -0.15) is 0 Å². The molecule has 0 aliphatic heterocycles. The Morgan fingerprint density at radius 3 is 2.68 bits per heavy atom. The van der Waals surface area contributed by atoms with Crippen LogP contribution in [0.25, 0.3) is 0 Å². The molecular formula is C12H11FN2O4. The number of hydrogen-bond donors (Lipinski definition) is 1. The van der Waals surface area contributed by atoms with Crippen LogP contribution in [-0.4, -0.2) is 29.1 Å². The Morgan fingerprint density at radius 1 is 1.63 bits per heavy atom. The highest BCUT2D eigenvalue weighted by atomic mass is 19.1. The fourth-order valence-corrected chi connectivity index (χ4v) is 1.59. The zero-order valence-electron chi connectivity index (χ0n) is 10.1. The van der Waals surface area contributed by atoms with Gasteiger partial charge in [0.25, 0.3) is 5.69 Å². The maximum atomic E-state index is 13.8. The number of carboxylic acid groups (broad SMARTS) is 1. The second-order valence-corrected chi connectivity index (χ2v) is 3.60. The SMILES string of the molecule is C#CCN(CC)c1cc(C(=O)O)c([N+](=O)[O-])cc1F. The minimum atomic E-state index is -1.50. The van der Waals surface area contributed by atoms with E-state index in [4.69, 9.17) is 11.5 Å². The first-order chi connectivity index (χ1) is 8.92. The number of nitro groups is 1. The normalized spacial score (nSPS) is 9.74. The molecule has 0 atom stereocenters. The fourth-order valence-electron chi connectivity index (χ4n) is 1.59. The first-order valence-electron chi connectivity index (χ1n) is 5.32. The Balaban J connectivity index is 3.44. The van der Waals surface area contributed by atoms with Gasteiger partial charge in [-0.05, 0) is 13.0 Å². The number of hydrogen-bond acceptors (Lipinski definition) is 4. The van der Waals surface area contributed by atoms with E-state index in [9.17, 15) is 19.3 Å². The minimum absolute atomic E-state index is 0.0662. The molecule has 0 aliphatic carbocycles. The van der Waals surface area contributed by atoms with Crippen molar-refractivity contribution < 1.29 is 19.2 Å². The molecule has 0 spiro atoms. The summed E-state index contributed by atoms with van der Waals surface area (Å²) in [6.07, 6.45) is 5.13. The number of nitrogens with zero attached hydrogens (tertiary/aromatic N) is 2. The molecule has 1 aromatic rings. The van der Waals surface area contributed by atoms with Gasteiger partial charge in [0.15, 0.2) is 5.82 Å². The van der Waals surface area contributed by atoms with Gasteiger partial charge in [-0.1, -0.05) is 5.92 Å². The largest absolute Gasteiger partial charge is 0.477 e. The van der Waals surface area contributed by atoms with Crippen LogP contribution >= 0.6 is 0 Å². The lowest BCUT2D eigenvalue weighted by atomic mass is 10.1. The number of carbonyl (C=O) groups is 1. The zero-order valence-corrected chi connectivity index (χ0v) is 10.1. The van der Waals surface area contributed by atoms with Gasteiger partial charge in [0.1, 0.15) is 5.56 Å². The van der Waals surface area contributed by atoms with Crippen LogP contribution in [0.4, 0.5) is 15.8 Å². The van der Waals surface area contributed by atoms with Gasteiger partial charge in [0.05, 0.1) is 23.2 Å². The van der Waals surface area contributed by atoms with Gasteiger partial charge in [-0.25, -0.2) is 9.18 Å². The van der Waals surface area contributed by atoms with Crippen LogP contribution in [0.3, 0.4) is 0 Å². The Hall–Kier alpha value is -2.62. The molecule has 1 aromatic carbocycles. The third-order valence-corrected chi connectivity index (χ3v) is 2.50. The van der Waals surface area contributed by atoms with Crippen LogP contribution in [0.5, 0.6) is 0 Å². The van der Waals surface area contributed by atoms with Gasteiger partial charge in [0, 0.05) is 6.54 Å². The summed E-state index contributed by atoms with van der Waals surface area (Å²) in [5, 5.41) is 19.6. The van der Waals surface area contributed by atoms with Crippen molar-refractivity contribution in [3.8, 4) is 12.3 Å². The van der Waals surface area contributed by atoms with E-state index in [0.29, 0.717) is 12.6 Å². The molecule has 0 aromatic heterocycles. The summed E-state index contributed by atoms with van der Waals surface area (Å²) in [6.45, 7) is 2.13. The molecule has 19 heavy (non-hydrogen) atoms. The van der Waals surface area contributed by atoms with Gasteiger partial charge in [-0.15, -0.1) is 6.42 Å². The molecule has 7 heteroatoms. The van der Waals surface area contributed by atoms with Crippen molar-refractivity contribution >= 4 is 17.3 Å². The molecule has 1 N–H and O–H groups in total. The highest BCUT2D eigenvalue weighted by molar-refractivity contribution is 5.93. The van der Waals surface area contributed by atoms with Crippen LogP contribution in [0.15, 0.2) is 12.1 Å². The van der Waals surface area contributed by atoms with E-state index >= 15 is 0 Å². The van der Waals surface area contributed by atoms with Crippen LogP contribution in [0.1, 0.15) is 17.3 Å². The standard InChI is InChI=1S/C12H11FN2O4/c1-3-5-14(4-2)11-6-8(12(16)17)10(15(18)19)7-9(11)13/h1,6-7H,4-5H2,2H3,(H,16,17). The van der Waals surface area contributed by atoms with Gasteiger partial charge in [0.2, 0.25) is 0 Å². The quantitative estimate of drug-likeness (QED) is 0.500. The van der Waals surface area contributed by atoms with Crippen molar-refractivity contribution in [3.05, 3.63) is 33.6 Å². The summed E-state index contributed by atoms with van der Waals surface area (Å²) < 4.78 is 13.8. The molecule has 0 bridgehead atoms. The van der Waals surface area contributed by atoms with Crippen molar-refractivity contribution in [1.29, 1.82) is 0 Å². The number of halogens is 1. The Morgan fingerprint density at radius 2 is 2.26 bits per heavy atom. The fraction of sp³-hybridized carbons (Fsp3) is 0.250. The smallest absolute Gasteiger partial charge is 0.342 e. The molecule has 0 fully saturated rings. The molecule has 0 saturated carbocycles. The van der Waals surface area contributed by atoms with Gasteiger partial charge >= 0.3 is 5.97 Å². The van der Waals surface area contributed by atoms with Crippen molar-refractivity contribution in [2.24, 2.45) is 0 Å². The Kier molecular flexibility index (Phi) is 4.42. The monoisotopic (exact) mass is 266 g/mol. The van der Waals surface area contributed by atoms with E-state index in [1.165, 1.54) is 4.90 Å². The molecule has 0 amide bonds. The summed E-state index contributed by atoms with van der Waals surface area (Å²) >= 11 is 0. The van der Waals surface area contributed by atoms with Crippen molar-refractivity contribution in [1.82, 2.24) is 0 Å². The number of carboxylic acids is 1. The minimum Gasteiger partial charge on any atom is -0.477 e. The second kappa shape index (κ2) is 5.82. The third kappa shape index (κ3) is 2.98. The molecule has 100 valence electrons. The van der Waals surface area contributed by atoms with Crippen molar-refractivity contribution in [3.63, 3.8) is 0 Å². The number of rotatable bonds is 5. The molecule has 0 saturated heterocycles. The van der Waals surface area contributed by atoms with Crippen LogP contribution < -0.4 is 4.90 Å². The Bertz CT molecular complexity index is 566. The van der Waals surface area contributed by atoms with Crippen LogP contribution in [-0.2, 0) is 0 Å². The van der Waals surface area contributed by atoms with E-state index in [1.54, 1.807) is 6.92 Å². The summed E-state index contributed by atoms with van der Waals surface area (Å²) in [7, 11) is 0. The number of anilines is 1. The van der Waals surface area contributed by atoms with Crippen molar-refractivity contribution in [2.75, 3.05) is 18.0 Å². The molecular weight excluding hydrogens is 255 g/mol. The molecule has 0 heterocycles. The van der Waals surface area contributed by atoms with Crippen LogP contribution in [0, 0.1) is 28.3 Å². The van der Waals surface area contributed by atoms with E-state index < -0.39 is 28.0 Å². The van der Waals surface area contributed by atoms with E-state index in [-0.39, 0.29) is 12.2 Å². The molecule has 0 unspecified atom stereocenters. The summed E-state index contributed by atoms with van der Waals surface area (Å²) in [6, 6.07) is 1.52. The molecule has 0 radical (unpaired) electrons. The molecule has 1 rings (SSSR count). The van der Waals surface area contributed by atoms with Gasteiger partial charge < -0.3 is 10.0 Å². The summed E-state index contributed by atoms with van der Waals surface area (Å²) in [5.74, 6) is -0.0679. The maximum absolute atomic E-state index is 13.8. The average molecular weight is 266 g/mol. The van der Waals surface area contributed by atoms with Crippen LogP contribution in [0.2, 0.25) is 0 Å². The lowest BCUT2D eigenvalue weighted by Gasteiger charge is -2.21. The summed E-state index contributed by atoms with van der Waals surface area (Å²) in [5.41, 5.74) is -1.43. The van der Waals surface area contributed by atoms with Crippen molar-refractivity contribution in [2.45, 2.75) is 6.92 Å². The maximum Gasteiger partial charge on any atom is 0.342 e. The van der Waals surface area contributed by atoms with E-state index in [1.807, 2.05) is 0 Å². The lowest BCUT2D eigenvalue weighted by Crippen LogP contribution is -2.24. The first kappa shape index (κ1) is 14.4. The molecule has 0 aliphatic rings. The zero-order chi connectivity index (χ0) is 14.6. The summed E-state index contributed by atoms with van der Waals surface area (Å²) in [4.78, 5) is 22.1. The number of nitro benzene ring substituents is 1. The predicted molar refractivity (Wildman–Crippen MR) is 66.7 cm³/mol. The average Bonchev–Trinajstić information content (AvgIpc) is 2.35. The number of aromatic carboxylic acids is 1. The predicted octanol–water partition coefficient (Wildman–Crippen LogP) is 1.89. The third-order valence-electron chi connectivity index (χ3n) is 2.50. The lowest BCUT2D eigenvalue weighted by molar-refractivity contribution is -0.385. The van der Waals surface area contributed by atoms with Gasteiger partial charge in [-0.3, -0.25) is 10.1 Å². The number of terminal acetylenes is 1. The molecule has 6 nitrogen and oxygen atoms in total. The highest BCUT2D eigenvalue weighted by Crippen LogP contribution is 2.28. The number of benzene rings is 1. The second-order valence-electron chi connectivity index (χ2n) is 3.60. The Labute approximate surface area is 108 Å². The topological polar surface area (TPSA) is 83.7 Å². The first-order valence-corrected chi connectivity index (χ1v) is 5.32. The van der Waals surface area contributed by atoms with E-state index in [2.05, 4.69) is 5.92 Å². The highest BCUT2D eigenvalue weighted by Gasteiger charge is 2.24. The van der Waals surface area contributed by atoms with E-state index in [0.717, 1.165) is 6.07 Å².